The summed E-state index contributed by atoms with van der Waals surface area (Å²) in [6, 6.07) is 2.09. The number of amides is 1. The highest BCUT2D eigenvalue weighted by Gasteiger charge is 2.19. The first-order chi connectivity index (χ1) is 8.10. The second-order valence-electron chi connectivity index (χ2n) is 3.80. The van der Waals surface area contributed by atoms with E-state index < -0.39 is 0 Å². The minimum atomic E-state index is -0.352. The molecule has 0 aliphatic carbocycles. The van der Waals surface area contributed by atoms with Crippen molar-refractivity contribution in [2.75, 3.05) is 0 Å². The van der Waals surface area contributed by atoms with Crippen LogP contribution in [0.4, 0.5) is 0 Å². The SMILES string of the molecule is CCc1ccsc1CNC(=O)C(CC)C(N)=S. The van der Waals surface area contributed by atoms with Crippen LogP contribution in [0.2, 0.25) is 0 Å². The zero-order chi connectivity index (χ0) is 12.8. The van der Waals surface area contributed by atoms with Gasteiger partial charge >= 0.3 is 0 Å². The van der Waals surface area contributed by atoms with Crippen molar-refractivity contribution in [3.05, 3.63) is 21.9 Å². The fraction of sp³-hybridized carbons (Fsp3) is 0.500. The van der Waals surface area contributed by atoms with E-state index in [-0.39, 0.29) is 16.8 Å². The van der Waals surface area contributed by atoms with Gasteiger partial charge in [-0.25, -0.2) is 0 Å². The molecule has 1 aromatic rings. The van der Waals surface area contributed by atoms with E-state index in [9.17, 15) is 4.79 Å². The lowest BCUT2D eigenvalue weighted by molar-refractivity contribution is -0.123. The summed E-state index contributed by atoms with van der Waals surface area (Å²) in [7, 11) is 0. The lowest BCUT2D eigenvalue weighted by Crippen LogP contribution is -2.37. The molecule has 0 saturated heterocycles. The van der Waals surface area contributed by atoms with Gasteiger partial charge in [0.25, 0.3) is 0 Å². The Bertz CT molecular complexity index is 401. The molecule has 94 valence electrons. The summed E-state index contributed by atoms with van der Waals surface area (Å²) in [5, 5.41) is 4.94. The molecule has 5 heteroatoms. The van der Waals surface area contributed by atoms with Gasteiger partial charge in [0.15, 0.2) is 0 Å². The number of hydrogen-bond donors (Lipinski definition) is 2. The number of carbonyl (C=O) groups is 1. The number of carbonyl (C=O) groups excluding carboxylic acids is 1. The van der Waals surface area contributed by atoms with Gasteiger partial charge in [0.2, 0.25) is 5.91 Å². The molecule has 0 bridgehead atoms. The molecule has 1 unspecified atom stereocenters. The molecule has 0 radical (unpaired) electrons. The van der Waals surface area contributed by atoms with E-state index >= 15 is 0 Å². The summed E-state index contributed by atoms with van der Waals surface area (Å²) in [4.78, 5) is 13.3. The number of nitrogens with one attached hydrogen (secondary N) is 1. The van der Waals surface area contributed by atoms with Crippen molar-refractivity contribution in [2.45, 2.75) is 33.2 Å². The van der Waals surface area contributed by atoms with E-state index in [1.807, 2.05) is 12.3 Å². The Kier molecular flexibility index (Phi) is 5.58. The van der Waals surface area contributed by atoms with Crippen molar-refractivity contribution in [2.24, 2.45) is 11.7 Å². The number of hydrogen-bond acceptors (Lipinski definition) is 3. The number of thiocarbonyl (C=S) groups is 1. The molecule has 0 aromatic carbocycles. The highest BCUT2D eigenvalue weighted by Crippen LogP contribution is 2.17. The Morgan fingerprint density at radius 2 is 2.29 bits per heavy atom. The predicted octanol–water partition coefficient (Wildman–Crippen LogP) is 2.24. The summed E-state index contributed by atoms with van der Waals surface area (Å²) in [5.41, 5.74) is 6.82. The van der Waals surface area contributed by atoms with Crippen LogP contribution in [0.1, 0.15) is 30.7 Å². The number of nitrogens with two attached hydrogens (primary N) is 1. The topological polar surface area (TPSA) is 55.1 Å². The standard InChI is InChI=1S/C12H18N2OS2/c1-3-8-5-6-17-10(8)7-14-12(15)9(4-2)11(13)16/h5-6,9H,3-4,7H2,1-2H3,(H2,13,16)(H,14,15). The summed E-state index contributed by atoms with van der Waals surface area (Å²) < 4.78 is 0. The normalized spacial score (nSPS) is 12.1. The van der Waals surface area contributed by atoms with E-state index in [2.05, 4.69) is 18.3 Å². The maximum atomic E-state index is 11.8. The van der Waals surface area contributed by atoms with Gasteiger partial charge in [-0.2, -0.15) is 0 Å². The Morgan fingerprint density at radius 1 is 1.59 bits per heavy atom. The maximum absolute atomic E-state index is 11.8. The van der Waals surface area contributed by atoms with Crippen molar-refractivity contribution < 1.29 is 4.79 Å². The third-order valence-corrected chi connectivity index (χ3v) is 3.96. The van der Waals surface area contributed by atoms with Crippen molar-refractivity contribution in [3.8, 4) is 0 Å². The van der Waals surface area contributed by atoms with Crippen molar-refractivity contribution in [3.63, 3.8) is 0 Å². The molecule has 0 aliphatic heterocycles. The minimum Gasteiger partial charge on any atom is -0.393 e. The zero-order valence-corrected chi connectivity index (χ0v) is 11.8. The van der Waals surface area contributed by atoms with Gasteiger partial charge in [-0.3, -0.25) is 4.79 Å². The molecule has 17 heavy (non-hydrogen) atoms. The highest BCUT2D eigenvalue weighted by atomic mass is 32.1. The van der Waals surface area contributed by atoms with Crippen LogP contribution in [-0.4, -0.2) is 10.9 Å². The molecular formula is C12H18N2OS2. The molecule has 1 aromatic heterocycles. The Hall–Kier alpha value is -0.940. The molecule has 0 saturated carbocycles. The van der Waals surface area contributed by atoms with E-state index in [1.54, 1.807) is 11.3 Å². The molecule has 1 atom stereocenters. The molecule has 1 rings (SSSR count). The molecule has 0 fully saturated rings. The average Bonchev–Trinajstić information content (AvgIpc) is 2.74. The van der Waals surface area contributed by atoms with E-state index in [4.69, 9.17) is 18.0 Å². The minimum absolute atomic E-state index is 0.0737. The van der Waals surface area contributed by atoms with Crippen LogP contribution in [-0.2, 0) is 17.8 Å². The lowest BCUT2D eigenvalue weighted by atomic mass is 10.1. The second kappa shape index (κ2) is 6.71. The third kappa shape index (κ3) is 3.78. The third-order valence-electron chi connectivity index (χ3n) is 2.71. The first-order valence-electron chi connectivity index (χ1n) is 5.72. The van der Waals surface area contributed by atoms with Crippen molar-refractivity contribution in [1.82, 2.24) is 5.32 Å². The fourth-order valence-electron chi connectivity index (χ4n) is 1.64. The molecule has 3 nitrogen and oxygen atoms in total. The number of aryl methyl sites for hydroxylation is 1. The van der Waals surface area contributed by atoms with E-state index in [0.717, 1.165) is 6.42 Å². The smallest absolute Gasteiger partial charge is 0.230 e. The van der Waals surface area contributed by atoms with Gasteiger partial charge in [0.1, 0.15) is 0 Å². The first-order valence-corrected chi connectivity index (χ1v) is 7.01. The summed E-state index contributed by atoms with van der Waals surface area (Å²) in [5.74, 6) is -0.425. The lowest BCUT2D eigenvalue weighted by Gasteiger charge is -2.13. The Balaban J connectivity index is 2.56. The highest BCUT2D eigenvalue weighted by molar-refractivity contribution is 7.80. The van der Waals surface area contributed by atoms with Crippen LogP contribution < -0.4 is 11.1 Å². The van der Waals surface area contributed by atoms with Gasteiger partial charge < -0.3 is 11.1 Å². The largest absolute Gasteiger partial charge is 0.393 e. The summed E-state index contributed by atoms with van der Waals surface area (Å²) >= 11 is 6.54. The molecule has 1 amide bonds. The molecule has 1 heterocycles. The summed E-state index contributed by atoms with van der Waals surface area (Å²) in [6.45, 7) is 4.59. The van der Waals surface area contributed by atoms with Gasteiger partial charge in [-0.1, -0.05) is 26.1 Å². The second-order valence-corrected chi connectivity index (χ2v) is 5.28. The van der Waals surface area contributed by atoms with Crippen molar-refractivity contribution >= 4 is 34.5 Å². The van der Waals surface area contributed by atoms with Crippen LogP contribution in [0.3, 0.4) is 0 Å². The van der Waals surface area contributed by atoms with Crippen LogP contribution in [0, 0.1) is 5.92 Å². The number of thiophene rings is 1. The van der Waals surface area contributed by atoms with E-state index in [1.165, 1.54) is 10.4 Å². The van der Waals surface area contributed by atoms with Gasteiger partial charge in [0, 0.05) is 4.88 Å². The van der Waals surface area contributed by atoms with Crippen LogP contribution in [0.15, 0.2) is 11.4 Å². The van der Waals surface area contributed by atoms with Gasteiger partial charge in [-0.05, 0) is 29.9 Å². The predicted molar refractivity (Wildman–Crippen MR) is 76.1 cm³/mol. The Morgan fingerprint density at radius 3 is 2.82 bits per heavy atom. The average molecular weight is 270 g/mol. The molecular weight excluding hydrogens is 252 g/mol. The van der Waals surface area contributed by atoms with Gasteiger partial charge in [0.05, 0.1) is 17.5 Å². The monoisotopic (exact) mass is 270 g/mol. The maximum Gasteiger partial charge on any atom is 0.230 e. The van der Waals surface area contributed by atoms with Crippen molar-refractivity contribution in [1.29, 1.82) is 0 Å². The zero-order valence-electron chi connectivity index (χ0n) is 10.2. The van der Waals surface area contributed by atoms with Crippen LogP contribution in [0.5, 0.6) is 0 Å². The van der Waals surface area contributed by atoms with Crippen LogP contribution >= 0.6 is 23.6 Å². The van der Waals surface area contributed by atoms with Gasteiger partial charge in [-0.15, -0.1) is 11.3 Å². The number of rotatable bonds is 6. The van der Waals surface area contributed by atoms with E-state index in [0.29, 0.717) is 13.0 Å². The van der Waals surface area contributed by atoms with Crippen LogP contribution in [0.25, 0.3) is 0 Å². The molecule has 3 N–H and O–H groups in total. The molecule has 0 aliphatic rings. The Labute approximate surface area is 111 Å². The molecule has 0 spiro atoms. The fourth-order valence-corrected chi connectivity index (χ4v) is 2.83. The quantitative estimate of drug-likeness (QED) is 0.780. The summed E-state index contributed by atoms with van der Waals surface area (Å²) in [6.07, 6.45) is 1.63. The first kappa shape index (κ1) is 14.1.